The number of rotatable bonds is 8. The Kier molecular flexibility index (Phi) is 7.74. The lowest BCUT2D eigenvalue weighted by molar-refractivity contribution is -0.138. The average molecular weight is 258 g/mol. The van der Waals surface area contributed by atoms with Crippen molar-refractivity contribution in [2.45, 2.75) is 46.1 Å². The largest absolute Gasteiger partial charge is 0.481 e. The van der Waals surface area contributed by atoms with Crippen molar-refractivity contribution in [3.63, 3.8) is 0 Å². The minimum absolute atomic E-state index is 0.0265. The second kappa shape index (κ2) is 8.49. The molecule has 0 aliphatic carbocycles. The number of nitrogens with one attached hydrogen (secondary N) is 2. The fraction of sp³-hybridized carbons (Fsp3) is 0.750. The molecular weight excluding hydrogens is 236 g/mol. The summed E-state index contributed by atoms with van der Waals surface area (Å²) in [6.07, 6.45) is 0.372. The molecule has 3 N–H and O–H groups in total. The highest BCUT2D eigenvalue weighted by Gasteiger charge is 2.12. The third-order valence-electron chi connectivity index (χ3n) is 2.18. The first-order valence-electron chi connectivity index (χ1n) is 6.09. The van der Waals surface area contributed by atoms with Gasteiger partial charge in [-0.25, -0.2) is 0 Å². The Morgan fingerprint density at radius 1 is 1.06 bits per heavy atom. The van der Waals surface area contributed by atoms with Crippen LogP contribution in [-0.4, -0.2) is 35.5 Å². The van der Waals surface area contributed by atoms with E-state index in [0.29, 0.717) is 0 Å². The smallest absolute Gasteiger partial charge is 0.303 e. The fourth-order valence-electron chi connectivity index (χ4n) is 1.47. The van der Waals surface area contributed by atoms with Gasteiger partial charge in [-0.15, -0.1) is 0 Å². The second-order valence-electron chi connectivity index (χ2n) is 4.73. The number of carboxylic acid groups (broad SMARTS) is 1. The quantitative estimate of drug-likeness (QED) is 0.591. The molecule has 0 aromatic carbocycles. The number of carbonyl (C=O) groups is 3. The van der Waals surface area contributed by atoms with Gasteiger partial charge in [0.2, 0.25) is 11.8 Å². The van der Waals surface area contributed by atoms with Crippen LogP contribution in [0.2, 0.25) is 0 Å². The van der Waals surface area contributed by atoms with Crippen molar-refractivity contribution >= 4 is 17.8 Å². The van der Waals surface area contributed by atoms with E-state index < -0.39 is 5.97 Å². The van der Waals surface area contributed by atoms with Gasteiger partial charge in [0.15, 0.2) is 0 Å². The molecule has 104 valence electrons. The van der Waals surface area contributed by atoms with Crippen LogP contribution in [0.4, 0.5) is 0 Å². The summed E-state index contributed by atoms with van der Waals surface area (Å²) in [5, 5.41) is 13.9. The van der Waals surface area contributed by atoms with Gasteiger partial charge in [-0.05, 0) is 19.8 Å². The van der Waals surface area contributed by atoms with Gasteiger partial charge in [0.25, 0.3) is 0 Å². The highest BCUT2D eigenvalue weighted by molar-refractivity contribution is 5.79. The van der Waals surface area contributed by atoms with Crippen molar-refractivity contribution in [2.75, 3.05) is 6.54 Å². The first-order chi connectivity index (χ1) is 8.31. The maximum Gasteiger partial charge on any atom is 0.303 e. The van der Waals surface area contributed by atoms with Crippen molar-refractivity contribution in [1.29, 1.82) is 0 Å². The summed E-state index contributed by atoms with van der Waals surface area (Å²) in [5.41, 5.74) is 0. The van der Waals surface area contributed by atoms with E-state index in [0.717, 1.165) is 0 Å². The van der Waals surface area contributed by atoms with E-state index in [1.54, 1.807) is 6.92 Å². The Labute approximate surface area is 107 Å². The zero-order chi connectivity index (χ0) is 14.1. The first kappa shape index (κ1) is 16.4. The molecule has 0 aliphatic heterocycles. The van der Waals surface area contributed by atoms with Crippen molar-refractivity contribution in [2.24, 2.45) is 5.92 Å². The molecule has 0 aromatic heterocycles. The maximum absolute atomic E-state index is 11.4. The molecule has 18 heavy (non-hydrogen) atoms. The minimum atomic E-state index is -0.911. The predicted molar refractivity (Wildman–Crippen MR) is 66.9 cm³/mol. The molecule has 0 heterocycles. The highest BCUT2D eigenvalue weighted by atomic mass is 16.4. The number of hydrogen-bond donors (Lipinski definition) is 3. The number of aliphatic carboxylic acids is 1. The minimum Gasteiger partial charge on any atom is -0.481 e. The van der Waals surface area contributed by atoms with Crippen LogP contribution in [-0.2, 0) is 14.4 Å². The molecule has 0 spiro atoms. The summed E-state index contributed by atoms with van der Waals surface area (Å²) in [6, 6.07) is 0.0868. The second-order valence-corrected chi connectivity index (χ2v) is 4.73. The molecule has 6 heteroatoms. The Bertz CT molecular complexity index is 302. The van der Waals surface area contributed by atoms with Crippen LogP contribution < -0.4 is 10.6 Å². The lowest BCUT2D eigenvalue weighted by Gasteiger charge is -2.10. The van der Waals surface area contributed by atoms with Crippen LogP contribution in [0, 0.1) is 5.92 Å². The van der Waals surface area contributed by atoms with Gasteiger partial charge in [0, 0.05) is 31.8 Å². The molecule has 0 bridgehead atoms. The van der Waals surface area contributed by atoms with Gasteiger partial charge in [-0.2, -0.15) is 0 Å². The molecule has 0 saturated carbocycles. The number of hydrogen-bond acceptors (Lipinski definition) is 3. The molecule has 0 aliphatic rings. The Hall–Kier alpha value is -1.59. The summed E-state index contributed by atoms with van der Waals surface area (Å²) in [7, 11) is 0. The normalized spacial score (nSPS) is 12.0. The maximum atomic E-state index is 11.4. The van der Waals surface area contributed by atoms with E-state index in [9.17, 15) is 14.4 Å². The summed E-state index contributed by atoms with van der Waals surface area (Å²) in [5.74, 6) is -1.44. The summed E-state index contributed by atoms with van der Waals surface area (Å²) in [6.45, 7) is 5.71. The van der Waals surface area contributed by atoms with Crippen LogP contribution in [0.3, 0.4) is 0 Å². The molecule has 0 radical (unpaired) electrons. The fourth-order valence-corrected chi connectivity index (χ4v) is 1.47. The van der Waals surface area contributed by atoms with E-state index in [1.165, 1.54) is 0 Å². The Morgan fingerprint density at radius 3 is 2.17 bits per heavy atom. The summed E-state index contributed by atoms with van der Waals surface area (Å²) >= 11 is 0. The molecule has 6 nitrogen and oxygen atoms in total. The zero-order valence-corrected chi connectivity index (χ0v) is 11.2. The van der Waals surface area contributed by atoms with Gasteiger partial charge < -0.3 is 15.7 Å². The van der Waals surface area contributed by atoms with E-state index in [2.05, 4.69) is 10.6 Å². The molecule has 0 aromatic rings. The number of carbonyl (C=O) groups excluding carboxylic acids is 2. The number of carboxylic acids is 1. The van der Waals surface area contributed by atoms with E-state index in [-0.39, 0.29) is 49.6 Å². The van der Waals surface area contributed by atoms with Gasteiger partial charge in [-0.3, -0.25) is 14.4 Å². The van der Waals surface area contributed by atoms with Gasteiger partial charge in [0.05, 0.1) is 0 Å². The molecule has 0 fully saturated rings. The Balaban J connectivity index is 3.71. The van der Waals surface area contributed by atoms with Crippen molar-refractivity contribution < 1.29 is 19.5 Å². The van der Waals surface area contributed by atoms with Crippen LogP contribution >= 0.6 is 0 Å². The van der Waals surface area contributed by atoms with Crippen molar-refractivity contribution in [3.8, 4) is 0 Å². The summed E-state index contributed by atoms with van der Waals surface area (Å²) < 4.78 is 0. The highest BCUT2D eigenvalue weighted by Crippen LogP contribution is 2.06. The van der Waals surface area contributed by atoms with E-state index >= 15 is 0 Å². The molecule has 2 amide bonds. The predicted octanol–water partition coefficient (Wildman–Crippen LogP) is 0.518. The molecule has 0 saturated heterocycles. The van der Waals surface area contributed by atoms with Crippen LogP contribution in [0.1, 0.15) is 40.0 Å². The molecule has 1 unspecified atom stereocenters. The van der Waals surface area contributed by atoms with Crippen molar-refractivity contribution in [1.82, 2.24) is 10.6 Å². The third-order valence-corrected chi connectivity index (χ3v) is 2.18. The van der Waals surface area contributed by atoms with Crippen LogP contribution in [0.5, 0.6) is 0 Å². The Morgan fingerprint density at radius 2 is 1.67 bits per heavy atom. The van der Waals surface area contributed by atoms with Gasteiger partial charge in [-0.1, -0.05) is 6.92 Å². The van der Waals surface area contributed by atoms with Crippen molar-refractivity contribution in [3.05, 3.63) is 0 Å². The lowest BCUT2D eigenvalue weighted by atomic mass is 10.0. The molecule has 0 rings (SSSR count). The van der Waals surface area contributed by atoms with E-state index in [4.69, 9.17) is 5.11 Å². The average Bonchev–Trinajstić information content (AvgIpc) is 2.13. The molecular formula is C12H22N2O4. The van der Waals surface area contributed by atoms with Gasteiger partial charge >= 0.3 is 5.97 Å². The lowest BCUT2D eigenvalue weighted by Crippen LogP contribution is -2.34. The van der Waals surface area contributed by atoms with Gasteiger partial charge in [0.1, 0.15) is 0 Å². The SMILES string of the molecule is CC(CC(=O)O)CC(=O)NCCC(=O)NC(C)C. The summed E-state index contributed by atoms with van der Waals surface area (Å²) in [4.78, 5) is 33.1. The standard InChI is InChI=1S/C12H22N2O4/c1-8(2)14-10(15)4-5-13-11(16)6-9(3)7-12(17)18/h8-9H,4-7H2,1-3H3,(H,13,16)(H,14,15)(H,17,18). The number of amides is 2. The zero-order valence-electron chi connectivity index (χ0n) is 11.2. The topological polar surface area (TPSA) is 95.5 Å². The first-order valence-corrected chi connectivity index (χ1v) is 6.09. The molecule has 1 atom stereocenters. The third kappa shape index (κ3) is 9.62. The van der Waals surface area contributed by atoms with Crippen LogP contribution in [0.15, 0.2) is 0 Å². The monoisotopic (exact) mass is 258 g/mol. The van der Waals surface area contributed by atoms with Crippen LogP contribution in [0.25, 0.3) is 0 Å². The van der Waals surface area contributed by atoms with E-state index in [1.807, 2.05) is 13.8 Å².